The van der Waals surface area contributed by atoms with Gasteiger partial charge < -0.3 is 10.1 Å². The van der Waals surface area contributed by atoms with E-state index in [4.69, 9.17) is 4.74 Å². The zero-order chi connectivity index (χ0) is 21.1. The van der Waals surface area contributed by atoms with Crippen molar-refractivity contribution in [3.8, 4) is 5.75 Å². The van der Waals surface area contributed by atoms with Gasteiger partial charge >= 0.3 is 0 Å². The summed E-state index contributed by atoms with van der Waals surface area (Å²) < 4.78 is 6.94. The number of benzene rings is 2. The molecule has 0 radical (unpaired) electrons. The highest BCUT2D eigenvalue weighted by Gasteiger charge is 2.25. The lowest BCUT2D eigenvalue weighted by Gasteiger charge is -2.15. The van der Waals surface area contributed by atoms with Crippen LogP contribution in [0.4, 0.5) is 5.69 Å². The van der Waals surface area contributed by atoms with Crippen molar-refractivity contribution in [1.82, 2.24) is 19.6 Å². The van der Waals surface area contributed by atoms with Crippen molar-refractivity contribution < 1.29 is 9.53 Å². The molecule has 2 aromatic carbocycles. The fourth-order valence-corrected chi connectivity index (χ4v) is 4.05. The number of aromatic nitrogens is 4. The number of carbonyl (C=O) groups is 1. The average molecular weight is 420 g/mol. The highest BCUT2D eigenvalue weighted by Crippen LogP contribution is 2.35. The number of nitrogens with zero attached hydrogens (tertiary/aromatic N) is 4. The number of anilines is 1. The summed E-state index contributed by atoms with van der Waals surface area (Å²) in [6.07, 6.45) is 0. The number of carbonyl (C=O) groups excluding carboxylic acids is 1. The second kappa shape index (κ2) is 8.54. The lowest BCUT2D eigenvalue weighted by molar-refractivity contribution is -0.115. The number of hydrogen-bond donors (Lipinski definition) is 1. The van der Waals surface area contributed by atoms with Crippen LogP contribution in [0.5, 0.6) is 5.75 Å². The summed E-state index contributed by atoms with van der Waals surface area (Å²) in [6, 6.07) is 18.8. The van der Waals surface area contributed by atoms with Gasteiger partial charge in [0.25, 0.3) is 5.78 Å². The molecule has 1 N–H and O–H groups in total. The van der Waals surface area contributed by atoms with E-state index in [1.807, 2.05) is 68.4 Å². The van der Waals surface area contributed by atoms with E-state index in [9.17, 15) is 4.79 Å². The Morgan fingerprint density at radius 1 is 1.07 bits per heavy atom. The molecule has 0 saturated carbocycles. The van der Waals surface area contributed by atoms with Crippen LogP contribution >= 0.6 is 11.8 Å². The van der Waals surface area contributed by atoms with Crippen LogP contribution in [0.25, 0.3) is 5.78 Å². The third-order valence-corrected chi connectivity index (χ3v) is 5.61. The van der Waals surface area contributed by atoms with Crippen molar-refractivity contribution in [2.45, 2.75) is 24.3 Å². The fraction of sp³-hybridized carbons (Fsp3) is 0.182. The molecule has 1 amide bonds. The van der Waals surface area contributed by atoms with Gasteiger partial charge in [0.1, 0.15) is 11.0 Å². The number of fused-ring (bicyclic) bond motifs is 1. The highest BCUT2D eigenvalue weighted by atomic mass is 32.2. The van der Waals surface area contributed by atoms with E-state index in [2.05, 4.69) is 20.4 Å². The molecule has 1 unspecified atom stereocenters. The number of nitrogens with one attached hydrogen (secondary N) is 1. The van der Waals surface area contributed by atoms with Crippen molar-refractivity contribution in [3.05, 3.63) is 77.6 Å². The summed E-state index contributed by atoms with van der Waals surface area (Å²) in [5.74, 6) is 1.03. The molecular weight excluding hydrogens is 398 g/mol. The van der Waals surface area contributed by atoms with Gasteiger partial charge in [-0.15, -0.1) is 5.10 Å². The molecule has 8 heteroatoms. The minimum Gasteiger partial charge on any atom is -0.497 e. The maximum atomic E-state index is 13.2. The molecule has 2 aromatic heterocycles. The van der Waals surface area contributed by atoms with Crippen LogP contribution in [0.1, 0.15) is 22.2 Å². The normalized spacial score (nSPS) is 12.0. The molecule has 0 spiro atoms. The second-order valence-electron chi connectivity index (χ2n) is 6.77. The Hall–Kier alpha value is -3.39. The van der Waals surface area contributed by atoms with Gasteiger partial charge in [-0.1, -0.05) is 48.2 Å². The molecule has 152 valence electrons. The number of aryl methyl sites for hydroxylation is 2. The predicted octanol–water partition coefficient (Wildman–Crippen LogP) is 4.22. The van der Waals surface area contributed by atoms with Crippen LogP contribution in [-0.2, 0) is 4.79 Å². The maximum absolute atomic E-state index is 13.2. The van der Waals surface area contributed by atoms with Crippen molar-refractivity contribution in [2.24, 2.45) is 0 Å². The molecule has 2 heterocycles. The molecule has 0 aliphatic rings. The van der Waals surface area contributed by atoms with E-state index >= 15 is 0 Å². The smallest absolute Gasteiger partial charge is 0.253 e. The zero-order valence-electron chi connectivity index (χ0n) is 16.9. The second-order valence-corrected chi connectivity index (χ2v) is 7.85. The largest absolute Gasteiger partial charge is 0.497 e. The Balaban J connectivity index is 1.65. The third kappa shape index (κ3) is 4.28. The third-order valence-electron chi connectivity index (χ3n) is 4.50. The van der Waals surface area contributed by atoms with Crippen LogP contribution in [-0.4, -0.2) is 32.6 Å². The number of methoxy groups -OCH3 is 1. The Labute approximate surface area is 178 Å². The highest BCUT2D eigenvalue weighted by molar-refractivity contribution is 8.00. The lowest BCUT2D eigenvalue weighted by Crippen LogP contribution is -2.19. The minimum atomic E-state index is -0.531. The van der Waals surface area contributed by atoms with Crippen molar-refractivity contribution in [2.75, 3.05) is 12.4 Å². The molecule has 1 atom stereocenters. The summed E-state index contributed by atoms with van der Waals surface area (Å²) >= 11 is 1.29. The number of thioether (sulfide) groups is 1. The first-order valence-corrected chi connectivity index (χ1v) is 10.3. The van der Waals surface area contributed by atoms with Crippen molar-refractivity contribution in [3.63, 3.8) is 0 Å². The van der Waals surface area contributed by atoms with Crippen LogP contribution in [0.15, 0.2) is 65.8 Å². The van der Waals surface area contributed by atoms with E-state index in [-0.39, 0.29) is 5.91 Å². The van der Waals surface area contributed by atoms with Gasteiger partial charge in [0.05, 0.1) is 7.11 Å². The minimum absolute atomic E-state index is 0.167. The summed E-state index contributed by atoms with van der Waals surface area (Å²) in [6.45, 7) is 3.87. The molecule has 7 nitrogen and oxygen atoms in total. The standard InChI is InChI=1S/C22H21N5O2S/c1-14-12-15(2)27-21(23-14)25-22(26-27)30-19(16-8-5-4-6-9-16)20(28)24-17-10-7-11-18(13-17)29-3/h4-13,19H,1-3H3,(H,24,28). The number of rotatable bonds is 6. The van der Waals surface area contributed by atoms with Crippen LogP contribution in [0.3, 0.4) is 0 Å². The van der Waals surface area contributed by atoms with E-state index in [0.29, 0.717) is 22.4 Å². The van der Waals surface area contributed by atoms with Gasteiger partial charge in [0.15, 0.2) is 0 Å². The SMILES string of the molecule is COc1cccc(NC(=O)C(Sc2nc3nc(C)cc(C)n3n2)c2ccccc2)c1. The number of hydrogen-bond acceptors (Lipinski definition) is 6. The molecule has 0 fully saturated rings. The van der Waals surface area contributed by atoms with Gasteiger partial charge in [-0.2, -0.15) is 4.98 Å². The van der Waals surface area contributed by atoms with Gasteiger partial charge in [0, 0.05) is 23.1 Å². The van der Waals surface area contributed by atoms with Crippen molar-refractivity contribution >= 4 is 29.1 Å². The Morgan fingerprint density at radius 3 is 2.63 bits per heavy atom. The summed E-state index contributed by atoms with van der Waals surface area (Å²) in [7, 11) is 1.59. The lowest BCUT2D eigenvalue weighted by atomic mass is 10.1. The van der Waals surface area contributed by atoms with Crippen LogP contribution in [0.2, 0.25) is 0 Å². The van der Waals surface area contributed by atoms with Crippen molar-refractivity contribution in [1.29, 1.82) is 0 Å². The molecule has 0 aliphatic carbocycles. The molecule has 30 heavy (non-hydrogen) atoms. The van der Waals surface area contributed by atoms with Gasteiger partial charge in [-0.05, 0) is 37.6 Å². The predicted molar refractivity (Wildman–Crippen MR) is 117 cm³/mol. The number of ether oxygens (including phenoxy) is 1. The van der Waals surface area contributed by atoms with Gasteiger partial charge in [0.2, 0.25) is 11.1 Å². The topological polar surface area (TPSA) is 81.4 Å². The van der Waals surface area contributed by atoms with Crippen LogP contribution < -0.4 is 10.1 Å². The number of amides is 1. The van der Waals surface area contributed by atoms with E-state index in [0.717, 1.165) is 17.0 Å². The Bertz CT molecular complexity index is 1190. The van der Waals surface area contributed by atoms with Gasteiger partial charge in [-0.25, -0.2) is 9.50 Å². The first kappa shape index (κ1) is 19.9. The molecule has 0 aliphatic heterocycles. The first-order chi connectivity index (χ1) is 14.5. The van der Waals surface area contributed by atoms with E-state index < -0.39 is 5.25 Å². The first-order valence-electron chi connectivity index (χ1n) is 9.41. The Morgan fingerprint density at radius 2 is 1.87 bits per heavy atom. The summed E-state index contributed by atoms with van der Waals surface area (Å²) in [5, 5.41) is 7.47. The molecule has 0 saturated heterocycles. The zero-order valence-corrected chi connectivity index (χ0v) is 17.7. The molecule has 4 rings (SSSR count). The Kier molecular flexibility index (Phi) is 5.67. The molecule has 0 bridgehead atoms. The average Bonchev–Trinajstić information content (AvgIpc) is 3.15. The summed E-state index contributed by atoms with van der Waals surface area (Å²) in [5.41, 5.74) is 3.34. The monoisotopic (exact) mass is 419 g/mol. The fourth-order valence-electron chi connectivity index (χ4n) is 3.11. The van der Waals surface area contributed by atoms with Gasteiger partial charge in [-0.3, -0.25) is 4.79 Å². The molecular formula is C22H21N5O2S. The van der Waals surface area contributed by atoms with E-state index in [1.165, 1.54) is 11.8 Å². The quantitative estimate of drug-likeness (QED) is 0.471. The maximum Gasteiger partial charge on any atom is 0.253 e. The summed E-state index contributed by atoms with van der Waals surface area (Å²) in [4.78, 5) is 22.2. The van der Waals surface area contributed by atoms with E-state index in [1.54, 1.807) is 17.7 Å². The molecule has 4 aromatic rings. The van der Waals surface area contributed by atoms with Crippen LogP contribution in [0, 0.1) is 13.8 Å².